The van der Waals surface area contributed by atoms with Crippen molar-refractivity contribution in [3.63, 3.8) is 0 Å². The van der Waals surface area contributed by atoms with Gasteiger partial charge in [-0.25, -0.2) is 0 Å². The molecule has 0 saturated carbocycles. The van der Waals surface area contributed by atoms with Gasteiger partial charge >= 0.3 is 0 Å². The van der Waals surface area contributed by atoms with Crippen LogP contribution in [0.4, 0.5) is 0 Å². The van der Waals surface area contributed by atoms with Crippen molar-refractivity contribution in [2.45, 2.75) is 63.7 Å². The average molecular weight is 514 g/mol. The molecule has 38 heavy (non-hydrogen) atoms. The van der Waals surface area contributed by atoms with E-state index in [2.05, 4.69) is 11.1 Å². The first-order valence-electron chi connectivity index (χ1n) is 13.6. The van der Waals surface area contributed by atoms with Crippen LogP contribution in [0.25, 0.3) is 6.08 Å². The Kier molecular flexibility index (Phi) is 7.97. The third kappa shape index (κ3) is 5.85. The molecular formula is C32H35NO5. The van der Waals surface area contributed by atoms with E-state index >= 15 is 0 Å². The first kappa shape index (κ1) is 25.8. The van der Waals surface area contributed by atoms with Crippen LogP contribution < -0.4 is 4.74 Å². The molecule has 0 radical (unpaired) electrons. The highest BCUT2D eigenvalue weighted by molar-refractivity contribution is 6.01. The van der Waals surface area contributed by atoms with Crippen molar-refractivity contribution in [2.75, 3.05) is 6.61 Å². The molecule has 0 amide bonds. The van der Waals surface area contributed by atoms with Crippen LogP contribution in [-0.4, -0.2) is 33.4 Å². The molecule has 2 aliphatic rings. The van der Waals surface area contributed by atoms with E-state index < -0.39 is 0 Å². The van der Waals surface area contributed by atoms with Gasteiger partial charge in [-0.1, -0.05) is 30.7 Å². The summed E-state index contributed by atoms with van der Waals surface area (Å²) in [7, 11) is 0. The lowest BCUT2D eigenvalue weighted by Crippen LogP contribution is -2.25. The molecule has 0 fully saturated rings. The Labute approximate surface area is 223 Å². The minimum absolute atomic E-state index is 0.0212. The predicted octanol–water partition coefficient (Wildman–Crippen LogP) is 6.05. The number of hydrogen-bond acceptors (Lipinski definition) is 5. The summed E-state index contributed by atoms with van der Waals surface area (Å²) in [6.45, 7) is 0.590. The van der Waals surface area contributed by atoms with Crippen LogP contribution in [0.2, 0.25) is 0 Å². The number of aromatic amines is 1. The number of rotatable bonds is 11. The van der Waals surface area contributed by atoms with Gasteiger partial charge in [0.25, 0.3) is 0 Å². The molecule has 0 saturated heterocycles. The molecule has 2 heterocycles. The van der Waals surface area contributed by atoms with Crippen LogP contribution in [0.5, 0.6) is 17.2 Å². The highest BCUT2D eigenvalue weighted by Gasteiger charge is 2.32. The van der Waals surface area contributed by atoms with Crippen LogP contribution >= 0.6 is 0 Å². The van der Waals surface area contributed by atoms with Gasteiger partial charge in [0.05, 0.1) is 13.0 Å². The molecule has 1 aromatic heterocycles. The maximum atomic E-state index is 13.4. The second kappa shape index (κ2) is 11.7. The maximum Gasteiger partial charge on any atom is 0.164 e. The number of phenolic OH excluding ortho intramolecular Hbond substituents is 2. The van der Waals surface area contributed by atoms with Gasteiger partial charge in [0.2, 0.25) is 0 Å². The van der Waals surface area contributed by atoms with Crippen molar-refractivity contribution in [3.05, 3.63) is 82.7 Å². The molecule has 2 aromatic carbocycles. The number of nitrogens with one attached hydrogen (secondary N) is 1. The summed E-state index contributed by atoms with van der Waals surface area (Å²) in [6, 6.07) is 12.9. The highest BCUT2D eigenvalue weighted by Crippen LogP contribution is 2.39. The third-order valence-electron chi connectivity index (χ3n) is 7.83. The molecule has 1 aliphatic heterocycles. The summed E-state index contributed by atoms with van der Waals surface area (Å²) >= 11 is 0. The number of carbonyl (C=O) groups is 2. The molecule has 0 spiro atoms. The van der Waals surface area contributed by atoms with Crippen molar-refractivity contribution in [1.82, 2.24) is 4.98 Å². The summed E-state index contributed by atoms with van der Waals surface area (Å²) in [6.07, 6.45) is 12.0. The number of aryl methyl sites for hydroxylation is 2. The fraction of sp³-hybridized carbons (Fsp3) is 0.375. The Balaban J connectivity index is 1.18. The van der Waals surface area contributed by atoms with Crippen molar-refractivity contribution in [3.8, 4) is 17.2 Å². The molecule has 2 unspecified atom stereocenters. The number of allylic oxidation sites excluding steroid dienone is 1. The van der Waals surface area contributed by atoms with Crippen LogP contribution in [0.3, 0.4) is 0 Å². The van der Waals surface area contributed by atoms with Gasteiger partial charge < -0.3 is 19.9 Å². The molecule has 2 atom stereocenters. The van der Waals surface area contributed by atoms with E-state index in [1.165, 1.54) is 0 Å². The number of H-pyrrole nitrogens is 1. The maximum absolute atomic E-state index is 13.4. The highest BCUT2D eigenvalue weighted by atomic mass is 16.5. The second-order valence-electron chi connectivity index (χ2n) is 10.4. The first-order valence-corrected chi connectivity index (χ1v) is 13.6. The van der Waals surface area contributed by atoms with E-state index in [1.807, 2.05) is 36.5 Å². The van der Waals surface area contributed by atoms with Gasteiger partial charge in [0.1, 0.15) is 17.3 Å². The molecule has 5 rings (SSSR count). The smallest absolute Gasteiger partial charge is 0.164 e. The molecule has 6 heteroatoms. The lowest BCUT2D eigenvalue weighted by molar-refractivity contribution is -0.128. The number of phenols is 2. The third-order valence-corrected chi connectivity index (χ3v) is 7.83. The van der Waals surface area contributed by atoms with E-state index in [-0.39, 0.29) is 41.3 Å². The van der Waals surface area contributed by atoms with Crippen molar-refractivity contribution < 1.29 is 24.5 Å². The van der Waals surface area contributed by atoms with Crippen LogP contribution in [0.15, 0.2) is 54.7 Å². The summed E-state index contributed by atoms with van der Waals surface area (Å²) < 4.78 is 5.64. The fourth-order valence-electron chi connectivity index (χ4n) is 5.89. The number of carbonyl (C=O) groups excluding carboxylic acids is 2. The quantitative estimate of drug-likeness (QED) is 0.214. The van der Waals surface area contributed by atoms with Gasteiger partial charge in [0, 0.05) is 29.8 Å². The average Bonchev–Trinajstić information content (AvgIpc) is 3.40. The number of fused-ring (bicyclic) bond motifs is 2. The largest absolute Gasteiger partial charge is 0.508 e. The number of aromatic hydroxyl groups is 2. The number of Topliss-reactive ketones (excluding diaryl/α,β-unsaturated/α-hetero) is 2. The topological polar surface area (TPSA) is 99.6 Å². The number of ketones is 2. The Bertz CT molecular complexity index is 1340. The molecule has 6 nitrogen and oxygen atoms in total. The molecule has 3 aromatic rings. The van der Waals surface area contributed by atoms with Gasteiger partial charge in [-0.05, 0) is 91.5 Å². The van der Waals surface area contributed by atoms with E-state index in [1.54, 1.807) is 18.2 Å². The lowest BCUT2D eigenvalue weighted by Gasteiger charge is -2.27. The van der Waals surface area contributed by atoms with E-state index in [9.17, 15) is 19.8 Å². The number of benzene rings is 2. The van der Waals surface area contributed by atoms with E-state index in [4.69, 9.17) is 4.74 Å². The van der Waals surface area contributed by atoms with Crippen molar-refractivity contribution in [2.24, 2.45) is 5.92 Å². The summed E-state index contributed by atoms with van der Waals surface area (Å²) in [5.74, 6) is 0.636. The Morgan fingerprint density at radius 3 is 2.82 bits per heavy atom. The van der Waals surface area contributed by atoms with Crippen LogP contribution in [0.1, 0.15) is 72.4 Å². The molecule has 1 aliphatic carbocycles. The zero-order chi connectivity index (χ0) is 26.5. The minimum atomic E-state index is -0.308. The zero-order valence-electron chi connectivity index (χ0n) is 21.6. The molecule has 0 bridgehead atoms. The van der Waals surface area contributed by atoms with Gasteiger partial charge in [-0.2, -0.15) is 0 Å². The number of unbranched alkanes of at least 4 members (excludes halogenated alkanes) is 1. The van der Waals surface area contributed by atoms with Crippen molar-refractivity contribution >= 4 is 17.6 Å². The minimum Gasteiger partial charge on any atom is -0.508 e. The Morgan fingerprint density at radius 2 is 1.95 bits per heavy atom. The Morgan fingerprint density at radius 1 is 1.05 bits per heavy atom. The van der Waals surface area contributed by atoms with E-state index in [0.717, 1.165) is 66.5 Å². The van der Waals surface area contributed by atoms with Gasteiger partial charge in [0.15, 0.2) is 11.5 Å². The van der Waals surface area contributed by atoms with Crippen LogP contribution in [-0.2, 0) is 28.9 Å². The van der Waals surface area contributed by atoms with Crippen molar-refractivity contribution in [1.29, 1.82) is 0 Å². The van der Waals surface area contributed by atoms with Gasteiger partial charge in [-0.15, -0.1) is 0 Å². The predicted molar refractivity (Wildman–Crippen MR) is 147 cm³/mol. The summed E-state index contributed by atoms with van der Waals surface area (Å²) in [4.78, 5) is 29.5. The van der Waals surface area contributed by atoms with Gasteiger partial charge in [-0.3, -0.25) is 9.59 Å². The number of aromatic nitrogens is 1. The molecular weight excluding hydrogens is 478 g/mol. The normalized spacial score (nSPS) is 17.9. The summed E-state index contributed by atoms with van der Waals surface area (Å²) in [5, 5.41) is 19.8. The lowest BCUT2D eigenvalue weighted by atomic mass is 9.75. The first-order chi connectivity index (χ1) is 18.5. The zero-order valence-corrected chi connectivity index (χ0v) is 21.6. The van der Waals surface area contributed by atoms with Crippen LogP contribution in [0, 0.1) is 5.92 Å². The second-order valence-corrected chi connectivity index (χ2v) is 10.4. The SMILES string of the molecule is O=C(CCc1ccc(O)c2c1CCCO2)CC(=O)C1C=Cc2[nH]ccc2C1CCCCc1cccc(O)c1. The standard InChI is InChI=1S/C32H35NO5/c34-23-7-3-6-21(19-23)5-1-2-8-26-27-16-17-33-29(27)14-13-28(26)31(37)20-24(35)12-10-22-11-15-30(36)32-25(22)9-4-18-38-32/h3,6-7,11,13-17,19,26,28,33-34,36H,1-2,4-5,8-10,12,18,20H2. The summed E-state index contributed by atoms with van der Waals surface area (Å²) in [5.41, 5.74) is 5.29. The number of ether oxygens (including phenoxy) is 1. The number of hydrogen-bond donors (Lipinski definition) is 3. The monoisotopic (exact) mass is 513 g/mol. The Hall–Kier alpha value is -3.80. The molecule has 198 valence electrons. The van der Waals surface area contributed by atoms with E-state index in [0.29, 0.717) is 25.2 Å². The molecule has 3 N–H and O–H groups in total. The fourth-order valence-corrected chi connectivity index (χ4v) is 5.89.